The Morgan fingerprint density at radius 3 is 2.71 bits per heavy atom. The topological polar surface area (TPSA) is 43.8 Å². The average molecular weight is 187 g/mol. The van der Waals surface area contributed by atoms with Gasteiger partial charge in [0.1, 0.15) is 0 Å². The number of hydrogen-bond acceptors (Lipinski definition) is 2. The summed E-state index contributed by atoms with van der Waals surface area (Å²) < 4.78 is 1.91. The Labute approximate surface area is 83.2 Å². The molecule has 0 aliphatic carbocycles. The van der Waals surface area contributed by atoms with Crippen molar-refractivity contribution in [3.8, 4) is 11.3 Å². The van der Waals surface area contributed by atoms with Crippen LogP contribution < -0.4 is 5.73 Å². The largest absolute Gasteiger partial charge is 0.398 e. The molecule has 0 aliphatic heterocycles. The number of hydrogen-bond donors (Lipinski definition) is 1. The zero-order valence-electron chi connectivity index (χ0n) is 8.36. The second kappa shape index (κ2) is 3.18. The highest BCUT2D eigenvalue weighted by atomic mass is 15.0. The minimum absolute atomic E-state index is 0.781. The highest BCUT2D eigenvalue weighted by molar-refractivity contribution is 5.73. The van der Waals surface area contributed by atoms with E-state index in [1.165, 1.54) is 5.56 Å². The SMILES string of the molecule is Cc1ccc(-c2cn(C)cn2)c(N)c1. The first kappa shape index (κ1) is 8.81. The van der Waals surface area contributed by atoms with Crippen LogP contribution in [0.5, 0.6) is 0 Å². The molecule has 0 atom stereocenters. The van der Waals surface area contributed by atoms with E-state index in [0.29, 0.717) is 0 Å². The number of nitrogen functional groups attached to an aromatic ring is 1. The van der Waals surface area contributed by atoms with Gasteiger partial charge >= 0.3 is 0 Å². The van der Waals surface area contributed by atoms with E-state index < -0.39 is 0 Å². The van der Waals surface area contributed by atoms with Gasteiger partial charge in [0.05, 0.1) is 12.0 Å². The average Bonchev–Trinajstić information content (AvgIpc) is 2.51. The monoisotopic (exact) mass is 187 g/mol. The minimum atomic E-state index is 0.781. The van der Waals surface area contributed by atoms with Gasteiger partial charge in [-0.1, -0.05) is 12.1 Å². The summed E-state index contributed by atoms with van der Waals surface area (Å²) in [6.07, 6.45) is 3.73. The molecule has 1 aromatic heterocycles. The van der Waals surface area contributed by atoms with Crippen LogP contribution in [-0.4, -0.2) is 9.55 Å². The van der Waals surface area contributed by atoms with Crippen molar-refractivity contribution in [2.24, 2.45) is 7.05 Å². The van der Waals surface area contributed by atoms with E-state index in [2.05, 4.69) is 4.98 Å². The molecule has 0 saturated heterocycles. The van der Waals surface area contributed by atoms with Crippen LogP contribution in [0.1, 0.15) is 5.56 Å². The molecule has 0 bridgehead atoms. The first-order valence-corrected chi connectivity index (χ1v) is 4.51. The lowest BCUT2D eigenvalue weighted by molar-refractivity contribution is 0.913. The molecule has 0 spiro atoms. The molecule has 14 heavy (non-hydrogen) atoms. The maximum atomic E-state index is 5.91. The molecule has 1 aromatic carbocycles. The summed E-state index contributed by atoms with van der Waals surface area (Å²) in [7, 11) is 1.95. The molecule has 3 heteroatoms. The zero-order valence-corrected chi connectivity index (χ0v) is 8.36. The molecule has 2 aromatic rings. The molecule has 72 valence electrons. The molecule has 1 heterocycles. The van der Waals surface area contributed by atoms with Crippen LogP contribution in [0.2, 0.25) is 0 Å². The standard InChI is InChI=1S/C11H13N3/c1-8-3-4-9(10(12)5-8)11-6-14(2)7-13-11/h3-7H,12H2,1-2H3. The molecule has 0 saturated carbocycles. The third-order valence-corrected chi connectivity index (χ3v) is 2.19. The van der Waals surface area contributed by atoms with E-state index in [0.717, 1.165) is 16.9 Å². The maximum Gasteiger partial charge on any atom is 0.0951 e. The van der Waals surface area contributed by atoms with Crippen molar-refractivity contribution in [1.82, 2.24) is 9.55 Å². The Morgan fingerprint density at radius 2 is 2.14 bits per heavy atom. The van der Waals surface area contributed by atoms with E-state index in [-0.39, 0.29) is 0 Å². The molecular weight excluding hydrogens is 174 g/mol. The molecule has 2 N–H and O–H groups in total. The van der Waals surface area contributed by atoms with Crippen molar-refractivity contribution < 1.29 is 0 Å². The summed E-state index contributed by atoms with van der Waals surface area (Å²) in [5.41, 5.74) is 9.78. The van der Waals surface area contributed by atoms with Crippen LogP contribution in [0.25, 0.3) is 11.3 Å². The third-order valence-electron chi connectivity index (χ3n) is 2.19. The fourth-order valence-electron chi connectivity index (χ4n) is 1.47. The molecule has 0 unspecified atom stereocenters. The lowest BCUT2D eigenvalue weighted by Gasteiger charge is -2.02. The number of benzene rings is 1. The van der Waals surface area contributed by atoms with Gasteiger partial charge in [0.25, 0.3) is 0 Å². The van der Waals surface area contributed by atoms with Crippen molar-refractivity contribution in [3.63, 3.8) is 0 Å². The molecule has 2 rings (SSSR count). The van der Waals surface area contributed by atoms with E-state index in [9.17, 15) is 0 Å². The molecule has 0 aliphatic rings. The number of nitrogens with two attached hydrogens (primary N) is 1. The Kier molecular flexibility index (Phi) is 2.00. The second-order valence-corrected chi connectivity index (χ2v) is 3.52. The van der Waals surface area contributed by atoms with Crippen molar-refractivity contribution in [2.45, 2.75) is 6.92 Å². The zero-order chi connectivity index (χ0) is 10.1. The predicted molar refractivity (Wildman–Crippen MR) is 57.8 cm³/mol. The van der Waals surface area contributed by atoms with Gasteiger partial charge in [-0.05, 0) is 18.6 Å². The van der Waals surface area contributed by atoms with Crippen molar-refractivity contribution in [3.05, 3.63) is 36.3 Å². The Bertz CT molecular complexity index is 457. The van der Waals surface area contributed by atoms with E-state index >= 15 is 0 Å². The molecule has 0 fully saturated rings. The first-order valence-electron chi connectivity index (χ1n) is 4.51. The first-order chi connectivity index (χ1) is 6.66. The Balaban J connectivity index is 2.52. The van der Waals surface area contributed by atoms with Crippen molar-refractivity contribution in [1.29, 1.82) is 0 Å². The van der Waals surface area contributed by atoms with Crippen LogP contribution in [-0.2, 0) is 7.05 Å². The fraction of sp³-hybridized carbons (Fsp3) is 0.182. The van der Waals surface area contributed by atoms with Crippen LogP contribution in [0.4, 0.5) is 5.69 Å². The molecular formula is C11H13N3. The summed E-state index contributed by atoms with van der Waals surface area (Å²) in [4.78, 5) is 4.26. The fourth-order valence-corrected chi connectivity index (χ4v) is 1.47. The minimum Gasteiger partial charge on any atom is -0.398 e. The normalized spacial score (nSPS) is 10.4. The van der Waals surface area contributed by atoms with Gasteiger partial charge in [0.15, 0.2) is 0 Å². The quantitative estimate of drug-likeness (QED) is 0.694. The predicted octanol–water partition coefficient (Wildman–Crippen LogP) is 1.98. The lowest BCUT2D eigenvalue weighted by Crippen LogP contribution is -1.90. The van der Waals surface area contributed by atoms with Crippen molar-refractivity contribution >= 4 is 5.69 Å². The maximum absolute atomic E-state index is 5.91. The van der Waals surface area contributed by atoms with Gasteiger partial charge in [0.2, 0.25) is 0 Å². The second-order valence-electron chi connectivity index (χ2n) is 3.52. The van der Waals surface area contributed by atoms with Crippen LogP contribution in [0.15, 0.2) is 30.7 Å². The summed E-state index contributed by atoms with van der Waals surface area (Å²) in [6, 6.07) is 6.01. The van der Waals surface area contributed by atoms with Gasteiger partial charge in [0, 0.05) is 24.5 Å². The van der Waals surface area contributed by atoms with Crippen LogP contribution in [0.3, 0.4) is 0 Å². The number of aromatic nitrogens is 2. The number of imidazole rings is 1. The smallest absolute Gasteiger partial charge is 0.0951 e. The molecule has 0 amide bonds. The number of rotatable bonds is 1. The van der Waals surface area contributed by atoms with Gasteiger partial charge in [-0.25, -0.2) is 4.98 Å². The number of anilines is 1. The lowest BCUT2D eigenvalue weighted by atomic mass is 10.1. The van der Waals surface area contributed by atoms with Crippen LogP contribution in [0, 0.1) is 6.92 Å². The number of aryl methyl sites for hydroxylation is 2. The van der Waals surface area contributed by atoms with Gasteiger partial charge in [-0.3, -0.25) is 0 Å². The van der Waals surface area contributed by atoms with Crippen molar-refractivity contribution in [2.75, 3.05) is 5.73 Å². The summed E-state index contributed by atoms with van der Waals surface area (Å²) in [5, 5.41) is 0. The summed E-state index contributed by atoms with van der Waals surface area (Å²) >= 11 is 0. The summed E-state index contributed by atoms with van der Waals surface area (Å²) in [6.45, 7) is 2.03. The summed E-state index contributed by atoms with van der Waals surface area (Å²) in [5.74, 6) is 0. The number of nitrogens with zero attached hydrogens (tertiary/aromatic N) is 2. The van der Waals surface area contributed by atoms with Gasteiger partial charge < -0.3 is 10.3 Å². The van der Waals surface area contributed by atoms with E-state index in [1.807, 2.05) is 42.9 Å². The van der Waals surface area contributed by atoms with E-state index in [1.54, 1.807) is 6.33 Å². The molecule has 3 nitrogen and oxygen atoms in total. The van der Waals surface area contributed by atoms with Gasteiger partial charge in [-0.2, -0.15) is 0 Å². The highest BCUT2D eigenvalue weighted by Gasteiger charge is 2.04. The Morgan fingerprint density at radius 1 is 1.36 bits per heavy atom. The van der Waals surface area contributed by atoms with Crippen LogP contribution >= 0.6 is 0 Å². The van der Waals surface area contributed by atoms with E-state index in [4.69, 9.17) is 5.73 Å². The highest BCUT2D eigenvalue weighted by Crippen LogP contribution is 2.24. The molecule has 0 radical (unpaired) electrons. The third kappa shape index (κ3) is 1.48. The Hall–Kier alpha value is -1.77. The van der Waals surface area contributed by atoms with Gasteiger partial charge in [-0.15, -0.1) is 0 Å².